The number of ether oxygens (including phenoxy) is 2. The fourth-order valence-electron chi connectivity index (χ4n) is 3.64. The summed E-state index contributed by atoms with van der Waals surface area (Å²) in [6.45, 7) is 0. The molecular formula is C16H21N3O5. The van der Waals surface area contributed by atoms with Crippen molar-refractivity contribution in [2.24, 2.45) is 0 Å². The van der Waals surface area contributed by atoms with E-state index in [9.17, 15) is 14.9 Å². The van der Waals surface area contributed by atoms with Crippen LogP contribution in [-0.4, -0.2) is 43.2 Å². The molecule has 0 aliphatic carbocycles. The second-order valence-electron chi connectivity index (χ2n) is 6.26. The topological polar surface area (TPSA) is 103 Å². The predicted molar refractivity (Wildman–Crippen MR) is 86.6 cm³/mol. The van der Waals surface area contributed by atoms with Crippen molar-refractivity contribution in [3.05, 3.63) is 27.8 Å². The highest BCUT2D eigenvalue weighted by molar-refractivity contribution is 5.99. The molecule has 2 bridgehead atoms. The van der Waals surface area contributed by atoms with E-state index in [1.807, 2.05) is 0 Å². The van der Waals surface area contributed by atoms with Crippen LogP contribution < -0.4 is 20.1 Å². The third kappa shape index (κ3) is 3.14. The number of piperidine rings is 1. The maximum absolute atomic E-state index is 12.6. The molecule has 0 spiro atoms. The lowest BCUT2D eigenvalue weighted by Crippen LogP contribution is -2.48. The van der Waals surface area contributed by atoms with E-state index in [4.69, 9.17) is 9.47 Å². The predicted octanol–water partition coefficient (Wildman–Crippen LogP) is 1.62. The molecule has 1 amide bonds. The first-order valence-electron chi connectivity index (χ1n) is 7.99. The second-order valence-corrected chi connectivity index (χ2v) is 6.26. The van der Waals surface area contributed by atoms with Crippen molar-refractivity contribution in [2.75, 3.05) is 14.2 Å². The SMILES string of the molecule is COc1cc(C(=O)NC2CC3CCC(C2)N3)c([N+](=O)[O-])cc1OC. The number of carbonyl (C=O) groups is 1. The Balaban J connectivity index is 1.84. The summed E-state index contributed by atoms with van der Waals surface area (Å²) in [6.07, 6.45) is 3.94. The number of nitro benzene ring substituents is 1. The van der Waals surface area contributed by atoms with Crippen LogP contribution in [0.25, 0.3) is 0 Å². The van der Waals surface area contributed by atoms with E-state index in [1.54, 1.807) is 0 Å². The number of benzene rings is 1. The smallest absolute Gasteiger partial charge is 0.286 e. The summed E-state index contributed by atoms with van der Waals surface area (Å²) < 4.78 is 10.2. The molecule has 2 N–H and O–H groups in total. The minimum Gasteiger partial charge on any atom is -0.493 e. The number of nitrogens with one attached hydrogen (secondary N) is 2. The molecule has 1 aromatic carbocycles. The van der Waals surface area contributed by atoms with E-state index in [0.717, 1.165) is 25.7 Å². The Morgan fingerprint density at radius 1 is 1.21 bits per heavy atom. The lowest BCUT2D eigenvalue weighted by Gasteiger charge is -2.29. The molecule has 0 aromatic heterocycles. The molecule has 1 aromatic rings. The van der Waals surface area contributed by atoms with Gasteiger partial charge in [0.1, 0.15) is 5.56 Å². The fourth-order valence-corrected chi connectivity index (χ4v) is 3.64. The van der Waals surface area contributed by atoms with Crippen LogP contribution in [0, 0.1) is 10.1 Å². The van der Waals surface area contributed by atoms with Gasteiger partial charge in [-0.15, -0.1) is 0 Å². The molecule has 2 atom stereocenters. The van der Waals surface area contributed by atoms with Crippen LogP contribution in [-0.2, 0) is 0 Å². The fraction of sp³-hybridized carbons (Fsp3) is 0.562. The molecule has 0 saturated carbocycles. The van der Waals surface area contributed by atoms with Crippen LogP contribution in [0.2, 0.25) is 0 Å². The number of carbonyl (C=O) groups excluding carboxylic acids is 1. The summed E-state index contributed by atoms with van der Waals surface area (Å²) in [5, 5.41) is 17.8. The summed E-state index contributed by atoms with van der Waals surface area (Å²) >= 11 is 0. The Kier molecular flexibility index (Phi) is 4.57. The minimum atomic E-state index is -0.580. The molecule has 3 rings (SSSR count). The van der Waals surface area contributed by atoms with Crippen LogP contribution in [0.4, 0.5) is 5.69 Å². The Bertz CT molecular complexity index is 651. The molecule has 8 heteroatoms. The number of nitrogens with zero attached hydrogens (tertiary/aromatic N) is 1. The van der Waals surface area contributed by atoms with E-state index in [0.29, 0.717) is 17.8 Å². The van der Waals surface area contributed by atoms with Crippen molar-refractivity contribution in [2.45, 2.75) is 43.8 Å². The Morgan fingerprint density at radius 3 is 2.33 bits per heavy atom. The van der Waals surface area contributed by atoms with Gasteiger partial charge in [-0.25, -0.2) is 0 Å². The van der Waals surface area contributed by atoms with E-state index in [-0.39, 0.29) is 23.0 Å². The van der Waals surface area contributed by atoms with Gasteiger partial charge < -0.3 is 20.1 Å². The zero-order valence-electron chi connectivity index (χ0n) is 13.7. The van der Waals surface area contributed by atoms with Gasteiger partial charge in [-0.3, -0.25) is 14.9 Å². The average Bonchev–Trinajstić information content (AvgIpc) is 2.91. The summed E-state index contributed by atoms with van der Waals surface area (Å²) in [5.41, 5.74) is -0.300. The van der Waals surface area contributed by atoms with Crippen molar-refractivity contribution in [1.82, 2.24) is 10.6 Å². The van der Waals surface area contributed by atoms with Gasteiger partial charge in [-0.1, -0.05) is 0 Å². The maximum atomic E-state index is 12.6. The van der Waals surface area contributed by atoms with E-state index < -0.39 is 10.8 Å². The van der Waals surface area contributed by atoms with Crippen LogP contribution >= 0.6 is 0 Å². The average molecular weight is 335 g/mol. The first-order valence-corrected chi connectivity index (χ1v) is 7.99. The number of fused-ring (bicyclic) bond motifs is 2. The van der Waals surface area contributed by atoms with Gasteiger partial charge >= 0.3 is 0 Å². The van der Waals surface area contributed by atoms with Gasteiger partial charge in [0.25, 0.3) is 11.6 Å². The lowest BCUT2D eigenvalue weighted by molar-refractivity contribution is -0.385. The molecular weight excluding hydrogens is 314 g/mol. The minimum absolute atomic E-state index is 0.0106. The van der Waals surface area contributed by atoms with E-state index >= 15 is 0 Å². The first kappa shape index (κ1) is 16.5. The van der Waals surface area contributed by atoms with Crippen molar-refractivity contribution >= 4 is 11.6 Å². The van der Waals surface area contributed by atoms with Crippen molar-refractivity contribution in [1.29, 1.82) is 0 Å². The van der Waals surface area contributed by atoms with Gasteiger partial charge in [-0.05, 0) is 25.7 Å². The van der Waals surface area contributed by atoms with Crippen LogP contribution in [0.5, 0.6) is 11.5 Å². The molecule has 2 heterocycles. The zero-order valence-corrected chi connectivity index (χ0v) is 13.7. The Labute approximate surface area is 139 Å². The van der Waals surface area contributed by atoms with Gasteiger partial charge in [0.05, 0.1) is 25.2 Å². The monoisotopic (exact) mass is 335 g/mol. The number of nitro groups is 1. The number of amides is 1. The van der Waals surface area contributed by atoms with Gasteiger partial charge in [-0.2, -0.15) is 0 Å². The standard InChI is InChI=1S/C16H21N3O5/c1-23-14-7-12(13(19(21)22)8-15(14)24-2)16(20)18-11-5-9-3-4-10(6-11)17-9/h7-11,17H,3-6H2,1-2H3,(H,18,20). The number of hydrogen-bond acceptors (Lipinski definition) is 6. The zero-order chi connectivity index (χ0) is 17.3. The molecule has 0 radical (unpaired) electrons. The quantitative estimate of drug-likeness (QED) is 0.626. The summed E-state index contributed by atoms with van der Waals surface area (Å²) in [5.74, 6) is 0.0632. The van der Waals surface area contributed by atoms with Gasteiger partial charge in [0, 0.05) is 24.2 Å². The summed E-state index contributed by atoms with van der Waals surface area (Å²) in [6, 6.07) is 3.47. The third-order valence-electron chi connectivity index (χ3n) is 4.75. The van der Waals surface area contributed by atoms with Crippen LogP contribution in [0.15, 0.2) is 12.1 Å². The van der Waals surface area contributed by atoms with Crippen molar-refractivity contribution in [3.8, 4) is 11.5 Å². The van der Waals surface area contributed by atoms with Crippen molar-refractivity contribution in [3.63, 3.8) is 0 Å². The third-order valence-corrected chi connectivity index (χ3v) is 4.75. The molecule has 2 aliphatic rings. The number of methoxy groups -OCH3 is 2. The molecule has 8 nitrogen and oxygen atoms in total. The number of hydrogen-bond donors (Lipinski definition) is 2. The molecule has 2 saturated heterocycles. The van der Waals surface area contributed by atoms with E-state index in [1.165, 1.54) is 26.4 Å². The summed E-state index contributed by atoms with van der Waals surface area (Å²) in [4.78, 5) is 23.3. The van der Waals surface area contributed by atoms with Gasteiger partial charge in [0.2, 0.25) is 0 Å². The van der Waals surface area contributed by atoms with Crippen molar-refractivity contribution < 1.29 is 19.2 Å². The summed E-state index contributed by atoms with van der Waals surface area (Å²) in [7, 11) is 2.82. The molecule has 130 valence electrons. The Hall–Kier alpha value is -2.35. The van der Waals surface area contributed by atoms with Gasteiger partial charge in [0.15, 0.2) is 11.5 Å². The largest absolute Gasteiger partial charge is 0.493 e. The molecule has 2 aliphatic heterocycles. The highest BCUT2D eigenvalue weighted by Gasteiger charge is 2.35. The molecule has 2 fully saturated rings. The van der Waals surface area contributed by atoms with E-state index in [2.05, 4.69) is 10.6 Å². The Morgan fingerprint density at radius 2 is 1.79 bits per heavy atom. The second kappa shape index (κ2) is 6.64. The van der Waals surface area contributed by atoms with Crippen LogP contribution in [0.1, 0.15) is 36.0 Å². The molecule has 24 heavy (non-hydrogen) atoms. The molecule has 2 unspecified atom stereocenters. The maximum Gasteiger partial charge on any atom is 0.286 e. The van der Waals surface area contributed by atoms with Crippen LogP contribution in [0.3, 0.4) is 0 Å². The first-order chi connectivity index (χ1) is 11.5. The number of rotatable bonds is 5. The lowest BCUT2D eigenvalue weighted by atomic mass is 9.99. The highest BCUT2D eigenvalue weighted by atomic mass is 16.6. The normalized spacial score (nSPS) is 25.2. The highest BCUT2D eigenvalue weighted by Crippen LogP contribution is 2.35.